The minimum Gasteiger partial charge on any atom is -0.389 e. The molecular formula is C17H25N3O3. The van der Waals surface area contributed by atoms with Crippen LogP contribution in [0, 0.1) is 0 Å². The molecule has 2 rings (SSSR count). The van der Waals surface area contributed by atoms with Crippen molar-refractivity contribution in [3.05, 3.63) is 34.2 Å². The predicted molar refractivity (Wildman–Crippen MR) is 90.4 cm³/mol. The fourth-order valence-electron chi connectivity index (χ4n) is 2.68. The SMILES string of the molecule is CCN(CC(C)(C)O)C(=O)CCCc1ccc2[nH]c(=O)[nH]c2c1. The third kappa shape index (κ3) is 4.96. The normalized spacial score (nSPS) is 11.8. The van der Waals surface area contributed by atoms with Crippen molar-refractivity contribution in [1.82, 2.24) is 14.9 Å². The number of aromatic amines is 2. The van der Waals surface area contributed by atoms with Crippen LogP contribution in [0.4, 0.5) is 0 Å². The quantitative estimate of drug-likeness (QED) is 0.727. The Hall–Kier alpha value is -2.08. The number of fused-ring (bicyclic) bond motifs is 1. The largest absolute Gasteiger partial charge is 0.389 e. The van der Waals surface area contributed by atoms with Crippen LogP contribution in [0.3, 0.4) is 0 Å². The van der Waals surface area contributed by atoms with Crippen molar-refractivity contribution in [2.24, 2.45) is 0 Å². The van der Waals surface area contributed by atoms with Crippen molar-refractivity contribution in [2.75, 3.05) is 13.1 Å². The Morgan fingerprint density at radius 3 is 2.61 bits per heavy atom. The Morgan fingerprint density at radius 1 is 1.26 bits per heavy atom. The molecule has 0 unspecified atom stereocenters. The Morgan fingerprint density at radius 2 is 1.96 bits per heavy atom. The second-order valence-electron chi connectivity index (χ2n) is 6.53. The molecule has 1 aromatic heterocycles. The second-order valence-corrected chi connectivity index (χ2v) is 6.53. The summed E-state index contributed by atoms with van der Waals surface area (Å²) in [6.07, 6.45) is 1.96. The zero-order chi connectivity index (χ0) is 17.0. The van der Waals surface area contributed by atoms with Crippen molar-refractivity contribution < 1.29 is 9.90 Å². The van der Waals surface area contributed by atoms with Crippen LogP contribution < -0.4 is 5.69 Å². The minimum atomic E-state index is -0.878. The molecule has 3 N–H and O–H groups in total. The molecule has 0 aliphatic heterocycles. The van der Waals surface area contributed by atoms with E-state index in [2.05, 4.69) is 9.97 Å². The summed E-state index contributed by atoms with van der Waals surface area (Å²) in [6.45, 7) is 6.27. The predicted octanol–water partition coefficient (Wildman–Crippen LogP) is 1.80. The summed E-state index contributed by atoms with van der Waals surface area (Å²) in [6, 6.07) is 5.77. The Bertz CT molecular complexity index is 724. The number of nitrogens with one attached hydrogen (secondary N) is 2. The highest BCUT2D eigenvalue weighted by Crippen LogP contribution is 2.13. The smallest absolute Gasteiger partial charge is 0.323 e. The number of aryl methyl sites for hydroxylation is 1. The fraction of sp³-hybridized carbons (Fsp3) is 0.529. The first-order chi connectivity index (χ1) is 10.8. The maximum atomic E-state index is 12.2. The molecule has 0 aliphatic carbocycles. The molecular weight excluding hydrogens is 294 g/mol. The summed E-state index contributed by atoms with van der Waals surface area (Å²) in [5.41, 5.74) is 1.58. The highest BCUT2D eigenvalue weighted by atomic mass is 16.3. The average Bonchev–Trinajstić information content (AvgIpc) is 2.83. The van der Waals surface area contributed by atoms with Gasteiger partial charge in [-0.1, -0.05) is 6.07 Å². The number of rotatable bonds is 7. The third-order valence-electron chi connectivity index (χ3n) is 3.75. The van der Waals surface area contributed by atoms with Gasteiger partial charge in [-0.05, 0) is 51.3 Å². The van der Waals surface area contributed by atoms with Gasteiger partial charge in [-0.3, -0.25) is 4.79 Å². The number of likely N-dealkylation sites (N-methyl/N-ethyl adjacent to an activating group) is 1. The molecule has 1 amide bonds. The van der Waals surface area contributed by atoms with Gasteiger partial charge in [0.25, 0.3) is 0 Å². The molecule has 6 nitrogen and oxygen atoms in total. The summed E-state index contributed by atoms with van der Waals surface area (Å²) < 4.78 is 0. The van der Waals surface area contributed by atoms with Gasteiger partial charge in [0.1, 0.15) is 0 Å². The van der Waals surface area contributed by atoms with Crippen molar-refractivity contribution in [2.45, 2.75) is 45.6 Å². The number of amides is 1. The van der Waals surface area contributed by atoms with Crippen LogP contribution >= 0.6 is 0 Å². The summed E-state index contributed by atoms with van der Waals surface area (Å²) in [7, 11) is 0. The standard InChI is InChI=1S/C17H25N3O3/c1-4-20(11-17(2,3)23)15(21)7-5-6-12-8-9-13-14(10-12)19-16(22)18-13/h8-10,23H,4-7,11H2,1-3H3,(H2,18,19,22). The van der Waals surface area contributed by atoms with Gasteiger partial charge in [-0.25, -0.2) is 4.79 Å². The molecule has 0 bridgehead atoms. The lowest BCUT2D eigenvalue weighted by Gasteiger charge is -2.28. The number of aromatic nitrogens is 2. The molecule has 1 aromatic carbocycles. The number of nitrogens with zero attached hydrogens (tertiary/aromatic N) is 1. The lowest BCUT2D eigenvalue weighted by Crippen LogP contribution is -2.42. The lowest BCUT2D eigenvalue weighted by molar-refractivity contribution is -0.134. The van der Waals surface area contributed by atoms with Gasteiger partial charge in [0.2, 0.25) is 5.91 Å². The zero-order valence-electron chi connectivity index (χ0n) is 14.0. The summed E-state index contributed by atoms with van der Waals surface area (Å²) in [5.74, 6) is 0.0609. The minimum absolute atomic E-state index is 0.0609. The van der Waals surface area contributed by atoms with Gasteiger partial charge in [0, 0.05) is 19.5 Å². The molecule has 23 heavy (non-hydrogen) atoms. The Balaban J connectivity index is 1.89. The number of carbonyl (C=O) groups is 1. The summed E-state index contributed by atoms with van der Waals surface area (Å²) >= 11 is 0. The van der Waals surface area contributed by atoms with Crippen molar-refractivity contribution >= 4 is 16.9 Å². The Kier molecular flexibility index (Phi) is 5.26. The molecule has 0 saturated carbocycles. The van der Waals surface area contributed by atoms with Crippen LogP contribution in [-0.2, 0) is 11.2 Å². The highest BCUT2D eigenvalue weighted by molar-refractivity contribution is 5.76. The van der Waals surface area contributed by atoms with Crippen LogP contribution in [0.1, 0.15) is 39.2 Å². The highest BCUT2D eigenvalue weighted by Gasteiger charge is 2.20. The molecule has 0 saturated heterocycles. The summed E-state index contributed by atoms with van der Waals surface area (Å²) in [4.78, 5) is 30.6. The number of H-pyrrole nitrogens is 2. The number of benzene rings is 1. The van der Waals surface area contributed by atoms with Crippen LogP contribution in [-0.4, -0.2) is 44.6 Å². The van der Waals surface area contributed by atoms with Crippen molar-refractivity contribution in [1.29, 1.82) is 0 Å². The molecule has 0 fully saturated rings. The second kappa shape index (κ2) is 7.00. The number of imidazole rings is 1. The van der Waals surface area contributed by atoms with Gasteiger partial charge in [0.15, 0.2) is 0 Å². The van der Waals surface area contributed by atoms with Gasteiger partial charge in [-0.15, -0.1) is 0 Å². The number of aliphatic hydroxyl groups is 1. The Labute approximate surface area is 135 Å². The molecule has 126 valence electrons. The average molecular weight is 319 g/mol. The first-order valence-corrected chi connectivity index (χ1v) is 7.99. The van der Waals surface area contributed by atoms with E-state index >= 15 is 0 Å². The lowest BCUT2D eigenvalue weighted by atomic mass is 10.1. The van der Waals surface area contributed by atoms with E-state index < -0.39 is 5.60 Å². The van der Waals surface area contributed by atoms with Crippen LogP contribution in [0.15, 0.2) is 23.0 Å². The van der Waals surface area contributed by atoms with E-state index in [1.807, 2.05) is 25.1 Å². The van der Waals surface area contributed by atoms with Gasteiger partial charge in [0.05, 0.1) is 16.6 Å². The van der Waals surface area contributed by atoms with Gasteiger partial charge in [-0.2, -0.15) is 0 Å². The fourth-order valence-corrected chi connectivity index (χ4v) is 2.68. The summed E-state index contributed by atoms with van der Waals surface area (Å²) in [5, 5.41) is 9.85. The maximum Gasteiger partial charge on any atom is 0.323 e. The van der Waals surface area contributed by atoms with E-state index in [-0.39, 0.29) is 11.6 Å². The molecule has 0 radical (unpaired) electrons. The first-order valence-electron chi connectivity index (χ1n) is 7.99. The van der Waals surface area contributed by atoms with Gasteiger partial charge < -0.3 is 20.0 Å². The molecule has 6 heteroatoms. The van der Waals surface area contributed by atoms with E-state index in [1.165, 1.54) is 0 Å². The number of hydrogen-bond donors (Lipinski definition) is 3. The third-order valence-corrected chi connectivity index (χ3v) is 3.75. The molecule has 1 heterocycles. The molecule has 0 aliphatic rings. The van der Waals surface area contributed by atoms with Crippen molar-refractivity contribution in [3.63, 3.8) is 0 Å². The van der Waals surface area contributed by atoms with E-state index in [1.54, 1.807) is 18.7 Å². The van der Waals surface area contributed by atoms with Gasteiger partial charge >= 0.3 is 5.69 Å². The monoisotopic (exact) mass is 319 g/mol. The molecule has 0 spiro atoms. The topological polar surface area (TPSA) is 89.2 Å². The maximum absolute atomic E-state index is 12.2. The van der Waals surface area contributed by atoms with Crippen molar-refractivity contribution in [3.8, 4) is 0 Å². The van der Waals surface area contributed by atoms with E-state index in [9.17, 15) is 14.7 Å². The first kappa shape index (κ1) is 17.3. The van der Waals surface area contributed by atoms with Crippen LogP contribution in [0.5, 0.6) is 0 Å². The number of carbonyl (C=O) groups excluding carboxylic acids is 1. The van der Waals surface area contributed by atoms with E-state index in [0.29, 0.717) is 19.5 Å². The van der Waals surface area contributed by atoms with E-state index in [0.717, 1.165) is 29.4 Å². The van der Waals surface area contributed by atoms with Crippen LogP contribution in [0.2, 0.25) is 0 Å². The molecule has 0 atom stereocenters. The van der Waals surface area contributed by atoms with E-state index in [4.69, 9.17) is 0 Å². The number of hydrogen-bond acceptors (Lipinski definition) is 3. The molecule has 2 aromatic rings. The zero-order valence-corrected chi connectivity index (χ0v) is 14.0. The van der Waals surface area contributed by atoms with Crippen LogP contribution in [0.25, 0.3) is 11.0 Å².